The van der Waals surface area contributed by atoms with Crippen LogP contribution in [-0.4, -0.2) is 25.2 Å². The summed E-state index contributed by atoms with van der Waals surface area (Å²) in [4.78, 5) is 4.63. The first-order chi connectivity index (χ1) is 8.83. The Bertz CT molecular complexity index is 479. The molecule has 0 fully saturated rings. The van der Waals surface area contributed by atoms with Gasteiger partial charge in [0.15, 0.2) is 0 Å². The van der Waals surface area contributed by atoms with Gasteiger partial charge < -0.3 is 10.1 Å². The normalized spacial score (nSPS) is 10.6. The van der Waals surface area contributed by atoms with Gasteiger partial charge in [0, 0.05) is 23.9 Å². The Balaban J connectivity index is 2.08. The highest BCUT2D eigenvalue weighted by Gasteiger charge is 2.04. The Hall–Kier alpha value is -1.39. The maximum Gasteiger partial charge on any atom is 0.123 e. The minimum atomic E-state index is 0.699. The van der Waals surface area contributed by atoms with Gasteiger partial charge in [0.05, 0.1) is 12.3 Å². The average molecular weight is 262 g/mol. The topological polar surface area (TPSA) is 34.1 Å². The third-order valence-electron chi connectivity index (χ3n) is 2.60. The second-order valence-electron chi connectivity index (χ2n) is 3.95. The van der Waals surface area contributed by atoms with Crippen LogP contribution in [0.25, 0.3) is 10.6 Å². The summed E-state index contributed by atoms with van der Waals surface area (Å²) in [5, 5.41) is 6.34. The van der Waals surface area contributed by atoms with Gasteiger partial charge in [-0.3, -0.25) is 0 Å². The summed E-state index contributed by atoms with van der Waals surface area (Å²) in [7, 11) is 1.96. The van der Waals surface area contributed by atoms with Gasteiger partial charge in [0.2, 0.25) is 0 Å². The van der Waals surface area contributed by atoms with E-state index in [1.54, 1.807) is 11.3 Å². The predicted molar refractivity (Wildman–Crippen MR) is 76.3 cm³/mol. The van der Waals surface area contributed by atoms with Crippen molar-refractivity contribution in [2.45, 2.75) is 13.3 Å². The number of nitrogens with one attached hydrogen (secondary N) is 1. The monoisotopic (exact) mass is 262 g/mol. The molecule has 0 amide bonds. The first-order valence-electron chi connectivity index (χ1n) is 6.15. The SMILES string of the molecule is CCOc1ccc(-c2nc(CCNC)cs2)cc1. The van der Waals surface area contributed by atoms with E-state index in [0.29, 0.717) is 6.61 Å². The van der Waals surface area contributed by atoms with Crippen LogP contribution >= 0.6 is 11.3 Å². The molecule has 18 heavy (non-hydrogen) atoms. The van der Waals surface area contributed by atoms with Gasteiger partial charge in [-0.05, 0) is 38.2 Å². The Morgan fingerprint density at radius 3 is 2.72 bits per heavy atom. The molecule has 0 unspecified atom stereocenters. The van der Waals surface area contributed by atoms with E-state index in [1.807, 2.05) is 26.1 Å². The summed E-state index contributed by atoms with van der Waals surface area (Å²) in [6.07, 6.45) is 0.976. The van der Waals surface area contributed by atoms with Crippen LogP contribution in [0.1, 0.15) is 12.6 Å². The van der Waals surface area contributed by atoms with Crippen molar-refractivity contribution in [1.29, 1.82) is 0 Å². The Morgan fingerprint density at radius 1 is 1.28 bits per heavy atom. The first-order valence-corrected chi connectivity index (χ1v) is 7.03. The molecule has 1 N–H and O–H groups in total. The van der Waals surface area contributed by atoms with Gasteiger partial charge in [-0.2, -0.15) is 0 Å². The molecular weight excluding hydrogens is 244 g/mol. The summed E-state index contributed by atoms with van der Waals surface area (Å²) >= 11 is 1.69. The number of rotatable bonds is 6. The summed E-state index contributed by atoms with van der Waals surface area (Å²) in [5.41, 5.74) is 2.30. The van der Waals surface area contributed by atoms with E-state index in [9.17, 15) is 0 Å². The molecule has 0 aliphatic carbocycles. The van der Waals surface area contributed by atoms with Crippen LogP contribution in [-0.2, 0) is 6.42 Å². The molecule has 0 saturated heterocycles. The number of likely N-dealkylation sites (N-methyl/N-ethyl adjacent to an activating group) is 1. The van der Waals surface area contributed by atoms with Gasteiger partial charge in [0.1, 0.15) is 10.8 Å². The molecule has 1 heterocycles. The summed E-state index contributed by atoms with van der Waals surface area (Å²) in [6.45, 7) is 3.65. The zero-order valence-electron chi connectivity index (χ0n) is 10.8. The van der Waals surface area contributed by atoms with Crippen molar-refractivity contribution in [2.24, 2.45) is 0 Å². The number of nitrogens with zero attached hydrogens (tertiary/aromatic N) is 1. The molecule has 1 aromatic heterocycles. The highest BCUT2D eigenvalue weighted by Crippen LogP contribution is 2.25. The molecular formula is C14H18N2OS. The van der Waals surface area contributed by atoms with Gasteiger partial charge in [0.25, 0.3) is 0 Å². The predicted octanol–water partition coefficient (Wildman–Crippen LogP) is 2.97. The van der Waals surface area contributed by atoms with E-state index < -0.39 is 0 Å². The Morgan fingerprint density at radius 2 is 2.06 bits per heavy atom. The second kappa shape index (κ2) is 6.52. The van der Waals surface area contributed by atoms with Crippen LogP contribution in [0, 0.1) is 0 Å². The van der Waals surface area contributed by atoms with Crippen molar-refractivity contribution in [3.05, 3.63) is 35.3 Å². The third-order valence-corrected chi connectivity index (χ3v) is 3.54. The molecule has 0 atom stereocenters. The van der Waals surface area contributed by atoms with Gasteiger partial charge in [-0.15, -0.1) is 11.3 Å². The second-order valence-corrected chi connectivity index (χ2v) is 4.81. The van der Waals surface area contributed by atoms with Crippen molar-refractivity contribution in [3.8, 4) is 16.3 Å². The maximum atomic E-state index is 5.43. The van der Waals surface area contributed by atoms with E-state index >= 15 is 0 Å². The molecule has 0 bridgehead atoms. The van der Waals surface area contributed by atoms with Crippen molar-refractivity contribution in [1.82, 2.24) is 10.3 Å². The minimum Gasteiger partial charge on any atom is -0.494 e. The molecule has 0 saturated carbocycles. The zero-order chi connectivity index (χ0) is 12.8. The average Bonchev–Trinajstić information content (AvgIpc) is 2.86. The van der Waals surface area contributed by atoms with Crippen molar-refractivity contribution >= 4 is 11.3 Å². The lowest BCUT2D eigenvalue weighted by molar-refractivity contribution is 0.340. The number of benzene rings is 1. The lowest BCUT2D eigenvalue weighted by atomic mass is 10.2. The summed E-state index contributed by atoms with van der Waals surface area (Å²) < 4.78 is 5.43. The molecule has 0 aliphatic rings. The van der Waals surface area contributed by atoms with Crippen LogP contribution in [0.2, 0.25) is 0 Å². The Kier molecular flexibility index (Phi) is 4.73. The van der Waals surface area contributed by atoms with Crippen molar-refractivity contribution in [3.63, 3.8) is 0 Å². The summed E-state index contributed by atoms with van der Waals surface area (Å²) in [6, 6.07) is 8.11. The molecule has 1 aromatic carbocycles. The molecule has 0 radical (unpaired) electrons. The fraction of sp³-hybridized carbons (Fsp3) is 0.357. The van der Waals surface area contributed by atoms with Crippen molar-refractivity contribution in [2.75, 3.05) is 20.2 Å². The van der Waals surface area contributed by atoms with E-state index in [2.05, 4.69) is 27.8 Å². The number of aromatic nitrogens is 1. The molecule has 0 spiro atoms. The van der Waals surface area contributed by atoms with Crippen LogP contribution in [0.4, 0.5) is 0 Å². The van der Waals surface area contributed by atoms with E-state index in [-0.39, 0.29) is 0 Å². The van der Waals surface area contributed by atoms with E-state index in [4.69, 9.17) is 4.74 Å². The molecule has 4 heteroatoms. The number of thiazole rings is 1. The van der Waals surface area contributed by atoms with Crippen LogP contribution in [0.3, 0.4) is 0 Å². The largest absolute Gasteiger partial charge is 0.494 e. The van der Waals surface area contributed by atoms with Gasteiger partial charge >= 0.3 is 0 Å². The quantitative estimate of drug-likeness (QED) is 0.869. The standard InChI is InChI=1S/C14H18N2OS/c1-3-17-13-6-4-11(5-7-13)14-16-12(10-18-14)8-9-15-2/h4-7,10,15H,3,8-9H2,1-2H3. The van der Waals surface area contributed by atoms with Gasteiger partial charge in [-0.25, -0.2) is 4.98 Å². The van der Waals surface area contributed by atoms with Crippen molar-refractivity contribution < 1.29 is 4.74 Å². The molecule has 2 aromatic rings. The van der Waals surface area contributed by atoms with E-state index in [1.165, 1.54) is 0 Å². The lowest BCUT2D eigenvalue weighted by Crippen LogP contribution is -2.10. The zero-order valence-corrected chi connectivity index (χ0v) is 11.6. The fourth-order valence-corrected chi connectivity index (χ4v) is 2.53. The van der Waals surface area contributed by atoms with Crippen LogP contribution in [0.5, 0.6) is 5.75 Å². The molecule has 3 nitrogen and oxygen atoms in total. The highest BCUT2D eigenvalue weighted by atomic mass is 32.1. The number of ether oxygens (including phenoxy) is 1. The highest BCUT2D eigenvalue weighted by molar-refractivity contribution is 7.13. The smallest absolute Gasteiger partial charge is 0.123 e. The lowest BCUT2D eigenvalue weighted by Gasteiger charge is -2.02. The molecule has 2 rings (SSSR count). The summed E-state index contributed by atoms with van der Waals surface area (Å²) in [5.74, 6) is 0.910. The number of hydrogen-bond acceptors (Lipinski definition) is 4. The fourth-order valence-electron chi connectivity index (χ4n) is 1.67. The first kappa shape index (κ1) is 13.1. The number of hydrogen-bond donors (Lipinski definition) is 1. The van der Waals surface area contributed by atoms with E-state index in [0.717, 1.165) is 35.0 Å². The molecule has 0 aliphatic heterocycles. The minimum absolute atomic E-state index is 0.699. The third kappa shape index (κ3) is 3.31. The molecule has 96 valence electrons. The van der Waals surface area contributed by atoms with Gasteiger partial charge in [-0.1, -0.05) is 0 Å². The maximum absolute atomic E-state index is 5.43. The Labute approximate surface area is 112 Å². The van der Waals surface area contributed by atoms with Crippen LogP contribution in [0.15, 0.2) is 29.6 Å². The van der Waals surface area contributed by atoms with Crippen LogP contribution < -0.4 is 10.1 Å².